The van der Waals surface area contributed by atoms with Gasteiger partial charge >= 0.3 is 0 Å². The number of aliphatic hydroxyl groups excluding tert-OH is 2. The number of allylic oxidation sites excluding steroid dienone is 3. The molecule has 40 heavy (non-hydrogen) atoms. The summed E-state index contributed by atoms with van der Waals surface area (Å²) in [5.74, 6) is -0.0745. The maximum atomic E-state index is 12.3. The smallest absolute Gasteiger partial charge is 0.220 e. The molecule has 0 aromatic carbocycles. The SMILES string of the molecule is CCCCCCCCC=CCCCCCCCC(=O)N[C@@H](CO)[C@H](O)/C=C/CCCCCCCCCCCCC. The average molecular weight is 564 g/mol. The van der Waals surface area contributed by atoms with Crippen LogP contribution in [0.4, 0.5) is 0 Å². The van der Waals surface area contributed by atoms with Crippen LogP contribution >= 0.6 is 0 Å². The first-order valence-corrected chi connectivity index (χ1v) is 17.6. The summed E-state index contributed by atoms with van der Waals surface area (Å²) in [6, 6.07) is -0.621. The summed E-state index contributed by atoms with van der Waals surface area (Å²) in [7, 11) is 0. The maximum absolute atomic E-state index is 12.3. The topological polar surface area (TPSA) is 69.6 Å². The van der Waals surface area contributed by atoms with Gasteiger partial charge in [-0.15, -0.1) is 0 Å². The first-order valence-electron chi connectivity index (χ1n) is 17.6. The number of unbranched alkanes of at least 4 members (excludes halogenated alkanes) is 22. The highest BCUT2D eigenvalue weighted by atomic mass is 16.3. The van der Waals surface area contributed by atoms with Crippen LogP contribution in [0.1, 0.15) is 181 Å². The minimum atomic E-state index is -0.837. The molecule has 236 valence electrons. The molecule has 1 amide bonds. The molecule has 2 atom stereocenters. The zero-order chi connectivity index (χ0) is 29.4. The summed E-state index contributed by atoms with van der Waals surface area (Å²) in [5.41, 5.74) is 0. The van der Waals surface area contributed by atoms with Gasteiger partial charge in [0.05, 0.1) is 18.8 Å². The Labute approximate surface area is 249 Å². The van der Waals surface area contributed by atoms with Gasteiger partial charge in [0.2, 0.25) is 5.91 Å². The molecule has 0 fully saturated rings. The van der Waals surface area contributed by atoms with E-state index in [9.17, 15) is 15.0 Å². The van der Waals surface area contributed by atoms with Crippen molar-refractivity contribution < 1.29 is 15.0 Å². The van der Waals surface area contributed by atoms with E-state index < -0.39 is 12.1 Å². The molecule has 0 aliphatic carbocycles. The van der Waals surface area contributed by atoms with Gasteiger partial charge in [0.1, 0.15) is 0 Å². The summed E-state index contributed by atoms with van der Waals surface area (Å²) in [4.78, 5) is 12.3. The number of hydrogen-bond donors (Lipinski definition) is 3. The van der Waals surface area contributed by atoms with Crippen molar-refractivity contribution in [1.29, 1.82) is 0 Å². The summed E-state index contributed by atoms with van der Waals surface area (Å²) in [6.45, 7) is 4.28. The van der Waals surface area contributed by atoms with E-state index in [2.05, 4.69) is 31.3 Å². The van der Waals surface area contributed by atoms with Gasteiger partial charge in [-0.3, -0.25) is 4.79 Å². The number of rotatable bonds is 31. The van der Waals surface area contributed by atoms with Crippen LogP contribution in [0.5, 0.6) is 0 Å². The normalized spacial score (nSPS) is 13.4. The summed E-state index contributed by atoms with van der Waals surface area (Å²) in [5, 5.41) is 22.8. The molecule has 0 spiro atoms. The molecule has 0 aliphatic rings. The molecule has 0 bridgehead atoms. The molecule has 0 heterocycles. The van der Waals surface area contributed by atoms with Gasteiger partial charge in [-0.2, -0.15) is 0 Å². The fourth-order valence-electron chi connectivity index (χ4n) is 5.17. The van der Waals surface area contributed by atoms with Crippen LogP contribution in [-0.2, 0) is 4.79 Å². The van der Waals surface area contributed by atoms with Crippen LogP contribution in [0.15, 0.2) is 24.3 Å². The summed E-state index contributed by atoms with van der Waals surface area (Å²) < 4.78 is 0. The standard InChI is InChI=1S/C36H69NO3/c1-3-5-7-9-11-13-15-17-18-20-22-24-26-28-30-32-36(40)37-34(33-38)35(39)31-29-27-25-23-21-19-16-14-12-10-8-6-4-2/h17-18,29,31,34-35,38-39H,3-16,19-28,30,32-33H2,1-2H3,(H,37,40)/b18-17?,31-29+/t34-,35+/m0/s1. The number of amides is 1. The number of carbonyl (C=O) groups excluding carboxylic acids is 1. The molecule has 0 aromatic heterocycles. The summed E-state index contributed by atoms with van der Waals surface area (Å²) in [6.07, 6.45) is 39.7. The second-order valence-electron chi connectivity index (χ2n) is 11.9. The lowest BCUT2D eigenvalue weighted by molar-refractivity contribution is -0.123. The van der Waals surface area contributed by atoms with E-state index in [0.717, 1.165) is 32.1 Å². The second-order valence-corrected chi connectivity index (χ2v) is 11.9. The third-order valence-electron chi connectivity index (χ3n) is 7.93. The lowest BCUT2D eigenvalue weighted by Gasteiger charge is -2.20. The fourth-order valence-corrected chi connectivity index (χ4v) is 5.17. The van der Waals surface area contributed by atoms with E-state index >= 15 is 0 Å². The van der Waals surface area contributed by atoms with Crippen molar-refractivity contribution in [3.8, 4) is 0 Å². The minimum Gasteiger partial charge on any atom is -0.394 e. The van der Waals surface area contributed by atoms with Crippen molar-refractivity contribution in [2.24, 2.45) is 0 Å². The van der Waals surface area contributed by atoms with Crippen LogP contribution in [-0.4, -0.2) is 34.9 Å². The lowest BCUT2D eigenvalue weighted by atomic mass is 10.0. The van der Waals surface area contributed by atoms with E-state index in [1.807, 2.05) is 6.08 Å². The van der Waals surface area contributed by atoms with Crippen molar-refractivity contribution in [3.05, 3.63) is 24.3 Å². The van der Waals surface area contributed by atoms with E-state index in [1.54, 1.807) is 6.08 Å². The summed E-state index contributed by atoms with van der Waals surface area (Å²) >= 11 is 0. The van der Waals surface area contributed by atoms with E-state index in [0.29, 0.717) is 6.42 Å². The average Bonchev–Trinajstić information content (AvgIpc) is 2.96. The van der Waals surface area contributed by atoms with Gasteiger partial charge in [-0.05, 0) is 44.9 Å². The number of aliphatic hydroxyl groups is 2. The molecular formula is C36H69NO3. The Balaban J connectivity index is 3.65. The molecule has 0 radical (unpaired) electrons. The molecule has 4 heteroatoms. The Morgan fingerprint density at radius 3 is 1.38 bits per heavy atom. The molecule has 0 saturated heterocycles. The van der Waals surface area contributed by atoms with Crippen molar-refractivity contribution in [2.75, 3.05) is 6.61 Å². The van der Waals surface area contributed by atoms with Crippen molar-refractivity contribution in [3.63, 3.8) is 0 Å². The van der Waals surface area contributed by atoms with Crippen molar-refractivity contribution >= 4 is 5.91 Å². The van der Waals surface area contributed by atoms with E-state index in [4.69, 9.17) is 0 Å². The van der Waals surface area contributed by atoms with Gasteiger partial charge in [0.15, 0.2) is 0 Å². The van der Waals surface area contributed by atoms with Gasteiger partial charge < -0.3 is 15.5 Å². The first-order chi connectivity index (χ1) is 19.7. The van der Waals surface area contributed by atoms with E-state index in [1.165, 1.54) is 128 Å². The Morgan fingerprint density at radius 2 is 0.950 bits per heavy atom. The predicted octanol–water partition coefficient (Wildman–Crippen LogP) is 10.1. The van der Waals surface area contributed by atoms with Gasteiger partial charge in [-0.1, -0.05) is 154 Å². The van der Waals surface area contributed by atoms with Crippen LogP contribution < -0.4 is 5.32 Å². The van der Waals surface area contributed by atoms with Gasteiger partial charge in [0.25, 0.3) is 0 Å². The van der Waals surface area contributed by atoms with Crippen LogP contribution in [0.3, 0.4) is 0 Å². The first kappa shape index (κ1) is 38.9. The van der Waals surface area contributed by atoms with Gasteiger partial charge in [0, 0.05) is 6.42 Å². The highest BCUT2D eigenvalue weighted by Gasteiger charge is 2.17. The monoisotopic (exact) mass is 564 g/mol. The minimum absolute atomic E-state index is 0.0745. The highest BCUT2D eigenvalue weighted by Crippen LogP contribution is 2.13. The molecule has 0 aromatic rings. The number of carbonyl (C=O) groups is 1. The van der Waals surface area contributed by atoms with Crippen LogP contribution in [0.25, 0.3) is 0 Å². The Bertz CT molecular complexity index is 574. The second kappa shape index (κ2) is 32.4. The molecular weight excluding hydrogens is 494 g/mol. The third-order valence-corrected chi connectivity index (χ3v) is 7.93. The quantitative estimate of drug-likeness (QED) is 0.0580. The number of hydrogen-bond acceptors (Lipinski definition) is 3. The van der Waals surface area contributed by atoms with E-state index in [-0.39, 0.29) is 12.5 Å². The molecule has 0 aliphatic heterocycles. The molecule has 0 rings (SSSR count). The Kier molecular flexibility index (Phi) is 31.5. The molecule has 0 saturated carbocycles. The molecule has 4 nitrogen and oxygen atoms in total. The molecule has 0 unspecified atom stereocenters. The molecule has 3 N–H and O–H groups in total. The Morgan fingerprint density at radius 1 is 0.575 bits per heavy atom. The largest absolute Gasteiger partial charge is 0.394 e. The van der Waals surface area contributed by atoms with Crippen LogP contribution in [0, 0.1) is 0 Å². The van der Waals surface area contributed by atoms with Gasteiger partial charge in [-0.25, -0.2) is 0 Å². The fraction of sp³-hybridized carbons (Fsp3) is 0.861. The predicted molar refractivity (Wildman–Crippen MR) is 175 cm³/mol. The third kappa shape index (κ3) is 28.4. The lowest BCUT2D eigenvalue weighted by Crippen LogP contribution is -2.45. The Hall–Kier alpha value is -1.13. The number of nitrogens with one attached hydrogen (secondary N) is 1. The maximum Gasteiger partial charge on any atom is 0.220 e. The zero-order valence-corrected chi connectivity index (χ0v) is 26.9. The van der Waals surface area contributed by atoms with Crippen LogP contribution in [0.2, 0.25) is 0 Å². The van der Waals surface area contributed by atoms with Crippen molar-refractivity contribution in [1.82, 2.24) is 5.32 Å². The highest BCUT2D eigenvalue weighted by molar-refractivity contribution is 5.76. The zero-order valence-electron chi connectivity index (χ0n) is 26.9. The van der Waals surface area contributed by atoms with Crippen molar-refractivity contribution in [2.45, 2.75) is 193 Å².